The molecule has 0 unspecified atom stereocenters. The second kappa shape index (κ2) is 7.43. The number of nitrogens with one attached hydrogen (secondary N) is 1. The average molecular weight is 304 g/mol. The van der Waals surface area contributed by atoms with Crippen molar-refractivity contribution in [3.05, 3.63) is 58.4 Å². The van der Waals surface area contributed by atoms with E-state index in [1.165, 1.54) is 5.56 Å². The Morgan fingerprint density at radius 2 is 1.95 bits per heavy atom. The summed E-state index contributed by atoms with van der Waals surface area (Å²) in [6.07, 6.45) is 0. The van der Waals surface area contributed by atoms with Gasteiger partial charge in [-0.3, -0.25) is 4.98 Å². The van der Waals surface area contributed by atoms with Gasteiger partial charge in [-0.15, -0.1) is 0 Å². The van der Waals surface area contributed by atoms with Crippen LogP contribution in [0.4, 0.5) is 5.69 Å². The zero-order valence-electron chi connectivity index (χ0n) is 12.9. The van der Waals surface area contributed by atoms with E-state index in [4.69, 9.17) is 11.6 Å². The summed E-state index contributed by atoms with van der Waals surface area (Å²) in [7, 11) is 1.95. The van der Waals surface area contributed by atoms with Gasteiger partial charge in [-0.05, 0) is 44.7 Å². The Morgan fingerprint density at radius 3 is 2.62 bits per heavy atom. The third-order valence-corrected chi connectivity index (χ3v) is 3.74. The molecular formula is C17H22ClN3. The maximum Gasteiger partial charge on any atom is 0.0643 e. The quantitative estimate of drug-likeness (QED) is 0.880. The first-order chi connectivity index (χ1) is 10.2. The number of para-hydroxylation sites is 1. The van der Waals surface area contributed by atoms with Crippen LogP contribution >= 0.6 is 11.6 Å². The van der Waals surface area contributed by atoms with E-state index in [1.807, 2.05) is 38.2 Å². The number of hydrogen-bond donors (Lipinski definition) is 1. The van der Waals surface area contributed by atoms with E-state index in [0.717, 1.165) is 41.7 Å². The van der Waals surface area contributed by atoms with Crippen molar-refractivity contribution in [2.75, 3.05) is 18.5 Å². The topological polar surface area (TPSA) is 28.2 Å². The minimum Gasteiger partial charge on any atom is -0.364 e. The molecule has 0 bridgehead atoms. The molecule has 0 aliphatic rings. The minimum absolute atomic E-state index is 0.763. The summed E-state index contributed by atoms with van der Waals surface area (Å²) in [6.45, 7) is 6.60. The molecule has 0 atom stereocenters. The molecule has 1 aromatic heterocycles. The molecular weight excluding hydrogens is 282 g/mol. The fourth-order valence-corrected chi connectivity index (χ4v) is 2.79. The summed E-state index contributed by atoms with van der Waals surface area (Å²) in [5, 5.41) is 3.99. The second-order valence-corrected chi connectivity index (χ2v) is 5.47. The second-order valence-electron chi connectivity index (χ2n) is 5.06. The predicted octanol–water partition coefficient (Wildman–Crippen LogP) is 3.79. The molecule has 0 saturated heterocycles. The summed E-state index contributed by atoms with van der Waals surface area (Å²) >= 11 is 6.45. The fourth-order valence-electron chi connectivity index (χ4n) is 2.48. The Kier molecular flexibility index (Phi) is 5.59. The smallest absolute Gasteiger partial charge is 0.0643 e. The number of pyridine rings is 1. The Balaban J connectivity index is 2.33. The number of halogens is 1. The third-order valence-electron chi connectivity index (χ3n) is 3.43. The number of hydrogen-bond acceptors (Lipinski definition) is 3. The van der Waals surface area contributed by atoms with Crippen LogP contribution < -0.4 is 10.2 Å². The van der Waals surface area contributed by atoms with Crippen LogP contribution in [0.15, 0.2) is 36.4 Å². The van der Waals surface area contributed by atoms with Gasteiger partial charge >= 0.3 is 0 Å². The van der Waals surface area contributed by atoms with Gasteiger partial charge in [0.15, 0.2) is 0 Å². The van der Waals surface area contributed by atoms with Crippen LogP contribution in [0.2, 0.25) is 5.02 Å². The van der Waals surface area contributed by atoms with Crippen LogP contribution in [0, 0.1) is 6.92 Å². The monoisotopic (exact) mass is 303 g/mol. The predicted molar refractivity (Wildman–Crippen MR) is 89.9 cm³/mol. The molecule has 21 heavy (non-hydrogen) atoms. The van der Waals surface area contributed by atoms with Crippen molar-refractivity contribution < 1.29 is 0 Å². The Bertz CT molecular complexity index is 598. The van der Waals surface area contributed by atoms with E-state index in [2.05, 4.69) is 34.3 Å². The van der Waals surface area contributed by atoms with E-state index in [0.29, 0.717) is 0 Å². The highest BCUT2D eigenvalue weighted by Gasteiger charge is 2.14. The zero-order valence-corrected chi connectivity index (χ0v) is 13.6. The fraction of sp³-hybridized carbons (Fsp3) is 0.353. The lowest BCUT2D eigenvalue weighted by Crippen LogP contribution is -2.25. The van der Waals surface area contributed by atoms with Gasteiger partial charge in [0, 0.05) is 18.8 Å². The lowest BCUT2D eigenvalue weighted by atomic mass is 10.1. The van der Waals surface area contributed by atoms with Crippen molar-refractivity contribution in [2.45, 2.75) is 26.9 Å². The normalized spacial score (nSPS) is 10.7. The van der Waals surface area contributed by atoms with Crippen LogP contribution in [-0.2, 0) is 13.1 Å². The summed E-state index contributed by atoms with van der Waals surface area (Å²) < 4.78 is 0. The van der Waals surface area contributed by atoms with Crippen molar-refractivity contribution in [1.29, 1.82) is 0 Å². The molecule has 0 aliphatic heterocycles. The van der Waals surface area contributed by atoms with Gasteiger partial charge in [-0.1, -0.05) is 29.8 Å². The van der Waals surface area contributed by atoms with Crippen molar-refractivity contribution in [3.63, 3.8) is 0 Å². The van der Waals surface area contributed by atoms with Crippen molar-refractivity contribution in [3.8, 4) is 0 Å². The van der Waals surface area contributed by atoms with Gasteiger partial charge in [-0.2, -0.15) is 0 Å². The van der Waals surface area contributed by atoms with Crippen LogP contribution in [0.3, 0.4) is 0 Å². The molecule has 1 N–H and O–H groups in total. The molecule has 1 heterocycles. The molecule has 0 amide bonds. The van der Waals surface area contributed by atoms with E-state index in [-0.39, 0.29) is 0 Å². The lowest BCUT2D eigenvalue weighted by molar-refractivity contribution is 0.774. The highest BCUT2D eigenvalue weighted by Crippen LogP contribution is 2.30. The number of anilines is 1. The van der Waals surface area contributed by atoms with Crippen LogP contribution in [0.5, 0.6) is 0 Å². The number of aryl methyl sites for hydroxylation is 1. The molecule has 2 rings (SSSR count). The standard InChI is InChI=1S/C17H22ClN3/c1-4-21(12-15-9-5-7-13(2)20-15)17-14(11-19-3)8-6-10-16(17)18/h5-10,19H,4,11-12H2,1-3H3. The maximum atomic E-state index is 6.45. The first kappa shape index (κ1) is 15.8. The first-order valence-corrected chi connectivity index (χ1v) is 7.63. The summed E-state index contributed by atoms with van der Waals surface area (Å²) in [4.78, 5) is 6.87. The molecule has 1 aromatic carbocycles. The molecule has 112 valence electrons. The number of nitrogens with zero attached hydrogens (tertiary/aromatic N) is 2. The average Bonchev–Trinajstić information content (AvgIpc) is 2.46. The van der Waals surface area contributed by atoms with Gasteiger partial charge in [0.2, 0.25) is 0 Å². The lowest BCUT2D eigenvalue weighted by Gasteiger charge is -2.26. The van der Waals surface area contributed by atoms with E-state index in [1.54, 1.807) is 0 Å². The minimum atomic E-state index is 0.763. The number of benzene rings is 1. The third kappa shape index (κ3) is 3.96. The van der Waals surface area contributed by atoms with Gasteiger partial charge in [0.1, 0.15) is 0 Å². The summed E-state index contributed by atoms with van der Waals surface area (Å²) in [5.74, 6) is 0. The first-order valence-electron chi connectivity index (χ1n) is 7.25. The van der Waals surface area contributed by atoms with Gasteiger partial charge in [0.05, 0.1) is 22.9 Å². The summed E-state index contributed by atoms with van der Waals surface area (Å²) in [6, 6.07) is 12.2. The van der Waals surface area contributed by atoms with Gasteiger partial charge in [-0.25, -0.2) is 0 Å². The Labute approximate surface area is 132 Å². The van der Waals surface area contributed by atoms with Crippen LogP contribution in [0.1, 0.15) is 23.9 Å². The molecule has 0 fully saturated rings. The Hall–Kier alpha value is -1.58. The summed E-state index contributed by atoms with van der Waals surface area (Å²) in [5.41, 5.74) is 4.41. The van der Waals surface area contributed by atoms with E-state index < -0.39 is 0 Å². The molecule has 0 saturated carbocycles. The number of aromatic nitrogens is 1. The zero-order chi connectivity index (χ0) is 15.2. The van der Waals surface area contributed by atoms with Crippen molar-refractivity contribution >= 4 is 17.3 Å². The van der Waals surface area contributed by atoms with Gasteiger partial charge in [0.25, 0.3) is 0 Å². The highest BCUT2D eigenvalue weighted by molar-refractivity contribution is 6.33. The molecule has 3 nitrogen and oxygen atoms in total. The Morgan fingerprint density at radius 1 is 1.19 bits per heavy atom. The highest BCUT2D eigenvalue weighted by atomic mass is 35.5. The van der Waals surface area contributed by atoms with Crippen molar-refractivity contribution in [1.82, 2.24) is 10.3 Å². The van der Waals surface area contributed by atoms with E-state index in [9.17, 15) is 0 Å². The molecule has 2 aromatic rings. The van der Waals surface area contributed by atoms with E-state index >= 15 is 0 Å². The maximum absolute atomic E-state index is 6.45. The molecule has 0 spiro atoms. The molecule has 0 aliphatic carbocycles. The van der Waals surface area contributed by atoms with Crippen molar-refractivity contribution in [2.24, 2.45) is 0 Å². The van der Waals surface area contributed by atoms with Crippen LogP contribution in [-0.4, -0.2) is 18.6 Å². The largest absolute Gasteiger partial charge is 0.364 e. The van der Waals surface area contributed by atoms with Crippen LogP contribution in [0.25, 0.3) is 0 Å². The molecule has 4 heteroatoms. The van der Waals surface area contributed by atoms with Gasteiger partial charge < -0.3 is 10.2 Å². The SMILES string of the molecule is CCN(Cc1cccc(C)n1)c1c(Cl)cccc1CNC. The molecule has 0 radical (unpaired) electrons. The number of rotatable bonds is 6.